The number of carbonyl (C=O) groups excluding carboxylic acids is 3. The predicted molar refractivity (Wildman–Crippen MR) is 266 cm³/mol. The number of carbonyl (C=O) groups is 3. The molecular formula is C56H108O6. The summed E-state index contributed by atoms with van der Waals surface area (Å²) in [4.78, 5) is 38.0. The van der Waals surface area contributed by atoms with Crippen molar-refractivity contribution in [2.75, 3.05) is 13.2 Å². The SMILES string of the molecule is CCCCCCCCCCCCCCCCCCCCCC(=O)O[C@H](COC(=O)CCCCCCCCCCCCCCC)COC(=O)CCCCCCCCCCC(C)CC. The van der Waals surface area contributed by atoms with Crippen LogP contribution in [0.1, 0.15) is 317 Å². The Labute approximate surface area is 387 Å². The van der Waals surface area contributed by atoms with E-state index in [-0.39, 0.29) is 31.1 Å². The lowest BCUT2D eigenvalue weighted by Gasteiger charge is -2.18. The van der Waals surface area contributed by atoms with Gasteiger partial charge in [0.2, 0.25) is 0 Å². The van der Waals surface area contributed by atoms with Gasteiger partial charge in [0.05, 0.1) is 0 Å². The largest absolute Gasteiger partial charge is 0.462 e. The van der Waals surface area contributed by atoms with E-state index < -0.39 is 6.10 Å². The molecule has 0 aliphatic rings. The fourth-order valence-corrected chi connectivity index (χ4v) is 8.54. The summed E-state index contributed by atoms with van der Waals surface area (Å²) in [5.74, 6) is 0.00695. The van der Waals surface area contributed by atoms with Gasteiger partial charge in [0.25, 0.3) is 0 Å². The van der Waals surface area contributed by atoms with Crippen LogP contribution in [-0.2, 0) is 28.6 Å². The highest BCUT2D eigenvalue weighted by Crippen LogP contribution is 2.18. The topological polar surface area (TPSA) is 78.9 Å². The summed E-state index contributed by atoms with van der Waals surface area (Å²) in [5, 5.41) is 0. The minimum absolute atomic E-state index is 0.0627. The number of hydrogen-bond acceptors (Lipinski definition) is 6. The Morgan fingerprint density at radius 1 is 0.323 bits per heavy atom. The van der Waals surface area contributed by atoms with Gasteiger partial charge >= 0.3 is 17.9 Å². The Morgan fingerprint density at radius 2 is 0.565 bits per heavy atom. The van der Waals surface area contributed by atoms with Crippen LogP contribution in [0, 0.1) is 5.92 Å². The number of rotatable bonds is 51. The molecule has 6 heteroatoms. The van der Waals surface area contributed by atoms with Crippen molar-refractivity contribution in [2.24, 2.45) is 5.92 Å². The van der Waals surface area contributed by atoms with E-state index >= 15 is 0 Å². The van der Waals surface area contributed by atoms with Crippen LogP contribution in [-0.4, -0.2) is 37.2 Å². The highest BCUT2D eigenvalue weighted by Gasteiger charge is 2.19. The third-order valence-corrected chi connectivity index (χ3v) is 13.2. The van der Waals surface area contributed by atoms with E-state index in [4.69, 9.17) is 14.2 Å². The Hall–Kier alpha value is -1.59. The molecule has 0 fully saturated rings. The highest BCUT2D eigenvalue weighted by molar-refractivity contribution is 5.71. The lowest BCUT2D eigenvalue weighted by atomic mass is 9.99. The molecule has 368 valence electrons. The zero-order valence-corrected chi connectivity index (χ0v) is 42.3. The summed E-state index contributed by atoms with van der Waals surface area (Å²) in [6, 6.07) is 0. The van der Waals surface area contributed by atoms with Gasteiger partial charge in [-0.15, -0.1) is 0 Å². The van der Waals surface area contributed by atoms with Crippen molar-refractivity contribution in [3.05, 3.63) is 0 Å². The third-order valence-electron chi connectivity index (χ3n) is 13.2. The quantitative estimate of drug-likeness (QED) is 0.0344. The summed E-state index contributed by atoms with van der Waals surface area (Å²) in [5.41, 5.74) is 0. The normalized spacial score (nSPS) is 12.4. The first-order valence-electron chi connectivity index (χ1n) is 27.9. The van der Waals surface area contributed by atoms with E-state index in [1.807, 2.05) is 0 Å². The fourth-order valence-electron chi connectivity index (χ4n) is 8.54. The van der Waals surface area contributed by atoms with Gasteiger partial charge in [-0.05, 0) is 25.2 Å². The van der Waals surface area contributed by atoms with Crippen molar-refractivity contribution in [1.82, 2.24) is 0 Å². The molecule has 0 heterocycles. The Balaban J connectivity index is 4.28. The maximum absolute atomic E-state index is 12.8. The van der Waals surface area contributed by atoms with E-state index in [1.165, 1.54) is 212 Å². The molecule has 2 atom stereocenters. The summed E-state index contributed by atoms with van der Waals surface area (Å²) < 4.78 is 16.9. The van der Waals surface area contributed by atoms with Crippen molar-refractivity contribution >= 4 is 17.9 Å². The average molecular weight is 877 g/mol. The zero-order valence-electron chi connectivity index (χ0n) is 42.3. The maximum atomic E-state index is 12.8. The van der Waals surface area contributed by atoms with Crippen molar-refractivity contribution in [2.45, 2.75) is 323 Å². The molecule has 0 aliphatic carbocycles. The Bertz CT molecular complexity index is 935. The molecule has 0 aromatic rings. The summed E-state index contributed by atoms with van der Waals surface area (Å²) in [6.07, 6.45) is 53.7. The second-order valence-electron chi connectivity index (χ2n) is 19.5. The van der Waals surface area contributed by atoms with E-state index in [2.05, 4.69) is 27.7 Å². The third kappa shape index (κ3) is 47.9. The lowest BCUT2D eigenvalue weighted by molar-refractivity contribution is -0.167. The molecule has 62 heavy (non-hydrogen) atoms. The molecule has 0 N–H and O–H groups in total. The summed E-state index contributed by atoms with van der Waals surface area (Å²) in [7, 11) is 0. The molecule has 6 nitrogen and oxygen atoms in total. The van der Waals surface area contributed by atoms with Gasteiger partial charge in [0.15, 0.2) is 6.10 Å². The van der Waals surface area contributed by atoms with Gasteiger partial charge in [0.1, 0.15) is 13.2 Å². The number of esters is 3. The molecule has 0 saturated heterocycles. The zero-order chi connectivity index (χ0) is 45.2. The monoisotopic (exact) mass is 877 g/mol. The first-order valence-corrected chi connectivity index (χ1v) is 27.9. The van der Waals surface area contributed by atoms with E-state index in [9.17, 15) is 14.4 Å². The summed E-state index contributed by atoms with van der Waals surface area (Å²) >= 11 is 0. The molecule has 0 bridgehead atoms. The summed E-state index contributed by atoms with van der Waals surface area (Å²) in [6.45, 7) is 9.05. The maximum Gasteiger partial charge on any atom is 0.306 e. The molecule has 0 aliphatic heterocycles. The van der Waals surface area contributed by atoms with Gasteiger partial charge < -0.3 is 14.2 Å². The second-order valence-corrected chi connectivity index (χ2v) is 19.5. The van der Waals surface area contributed by atoms with Gasteiger partial charge in [0, 0.05) is 19.3 Å². The van der Waals surface area contributed by atoms with E-state index in [0.29, 0.717) is 19.3 Å². The van der Waals surface area contributed by atoms with Gasteiger partial charge in [-0.25, -0.2) is 0 Å². The predicted octanol–water partition coefficient (Wildman–Crippen LogP) is 18.2. The van der Waals surface area contributed by atoms with Crippen molar-refractivity contribution in [3.63, 3.8) is 0 Å². The number of ether oxygens (including phenoxy) is 3. The fraction of sp³-hybridized carbons (Fsp3) is 0.946. The first-order chi connectivity index (χ1) is 30.4. The molecule has 0 aromatic carbocycles. The number of hydrogen-bond donors (Lipinski definition) is 0. The van der Waals surface area contributed by atoms with Crippen LogP contribution in [0.3, 0.4) is 0 Å². The molecule has 0 spiro atoms. The molecule has 0 amide bonds. The molecule has 1 unspecified atom stereocenters. The minimum Gasteiger partial charge on any atom is -0.462 e. The molecular weight excluding hydrogens is 769 g/mol. The van der Waals surface area contributed by atoms with Crippen molar-refractivity contribution < 1.29 is 28.6 Å². The van der Waals surface area contributed by atoms with Crippen LogP contribution in [0.2, 0.25) is 0 Å². The van der Waals surface area contributed by atoms with E-state index in [0.717, 1.165) is 63.7 Å². The van der Waals surface area contributed by atoms with Crippen LogP contribution in [0.15, 0.2) is 0 Å². The van der Waals surface area contributed by atoms with Crippen molar-refractivity contribution in [3.8, 4) is 0 Å². The van der Waals surface area contributed by atoms with Crippen LogP contribution in [0.25, 0.3) is 0 Å². The first kappa shape index (κ1) is 60.4. The molecule has 0 aromatic heterocycles. The average Bonchev–Trinajstić information content (AvgIpc) is 3.27. The van der Waals surface area contributed by atoms with Gasteiger partial charge in [-0.3, -0.25) is 14.4 Å². The molecule has 0 radical (unpaired) electrons. The van der Waals surface area contributed by atoms with Gasteiger partial charge in [-0.1, -0.05) is 278 Å². The van der Waals surface area contributed by atoms with Crippen molar-refractivity contribution in [1.29, 1.82) is 0 Å². The molecule has 0 rings (SSSR count). The Morgan fingerprint density at radius 3 is 0.839 bits per heavy atom. The smallest absolute Gasteiger partial charge is 0.306 e. The van der Waals surface area contributed by atoms with Crippen LogP contribution in [0.5, 0.6) is 0 Å². The van der Waals surface area contributed by atoms with Gasteiger partial charge in [-0.2, -0.15) is 0 Å². The van der Waals surface area contributed by atoms with Crippen LogP contribution < -0.4 is 0 Å². The standard InChI is InChI=1S/C56H108O6/c1-5-8-10-12-14-16-18-20-21-22-23-24-25-27-29-31-37-41-45-49-56(59)62-53(51-61-55(58)48-44-40-36-33-32-34-38-42-46-52(4)7-3)50-60-54(57)47-43-39-35-30-28-26-19-17-15-13-11-9-6-2/h52-53H,5-51H2,1-4H3/t52?,53-/m1/s1. The number of unbranched alkanes of at least 4 members (excludes halogenated alkanes) is 37. The Kier molecular flexibility index (Phi) is 49.1. The minimum atomic E-state index is -0.761. The van der Waals surface area contributed by atoms with Crippen LogP contribution >= 0.6 is 0 Å². The van der Waals surface area contributed by atoms with E-state index in [1.54, 1.807) is 0 Å². The second kappa shape index (κ2) is 50.4. The highest BCUT2D eigenvalue weighted by atomic mass is 16.6. The van der Waals surface area contributed by atoms with Crippen LogP contribution in [0.4, 0.5) is 0 Å². The molecule has 0 saturated carbocycles. The lowest BCUT2D eigenvalue weighted by Crippen LogP contribution is -2.30.